The van der Waals surface area contributed by atoms with Crippen molar-refractivity contribution in [2.75, 3.05) is 9.80 Å². The Balaban J connectivity index is 0.830. The van der Waals surface area contributed by atoms with Crippen molar-refractivity contribution in [1.82, 2.24) is 4.57 Å². The number of aromatic nitrogens is 1. The highest BCUT2D eigenvalue weighted by atomic mass is 15.2. The van der Waals surface area contributed by atoms with Crippen molar-refractivity contribution in [3.63, 3.8) is 0 Å². The van der Waals surface area contributed by atoms with E-state index in [0.29, 0.717) is 0 Å². The lowest BCUT2D eigenvalue weighted by molar-refractivity contribution is 1.19. The van der Waals surface area contributed by atoms with Crippen molar-refractivity contribution in [2.24, 2.45) is 0 Å². The van der Waals surface area contributed by atoms with Crippen molar-refractivity contribution in [3.8, 4) is 50.2 Å². The zero-order chi connectivity index (χ0) is 58.3. The first-order valence-electron chi connectivity index (χ1n) is 30.8. The Bertz CT molecular complexity index is 5160. The van der Waals surface area contributed by atoms with E-state index >= 15 is 0 Å². The topological polar surface area (TPSA) is 11.4 Å². The zero-order valence-electron chi connectivity index (χ0n) is 48.4. The molecule has 0 saturated carbocycles. The summed E-state index contributed by atoms with van der Waals surface area (Å²) in [4.78, 5) is 4.91. The number of hydrogen-bond donors (Lipinski definition) is 0. The van der Waals surface area contributed by atoms with Crippen molar-refractivity contribution < 1.29 is 0 Å². The molecule has 0 fully saturated rings. The van der Waals surface area contributed by atoms with Gasteiger partial charge in [0, 0.05) is 50.3 Å². The minimum atomic E-state index is 1.07. The first kappa shape index (κ1) is 49.5. The van der Waals surface area contributed by atoms with Gasteiger partial charge in [0.25, 0.3) is 0 Å². The molecule has 0 saturated heterocycles. The maximum Gasteiger partial charge on any atom is 0.0542 e. The van der Waals surface area contributed by atoms with Crippen LogP contribution in [0, 0.1) is 0 Å². The van der Waals surface area contributed by atoms with Crippen LogP contribution in [0.3, 0.4) is 0 Å². The fourth-order valence-corrected chi connectivity index (χ4v) is 15.5. The van der Waals surface area contributed by atoms with E-state index in [0.717, 1.165) is 61.6 Å². The molecule has 4 aliphatic rings. The summed E-state index contributed by atoms with van der Waals surface area (Å²) in [6.07, 6.45) is 0. The summed E-state index contributed by atoms with van der Waals surface area (Å²) in [6.45, 7) is 0. The standard InChI is InChI=1S/C86H53N3/c1-3-24-55(25-4-1)87(57-42-46-68-66-33-13-19-39-74(66)85(78(68)52-57)83-70-35-15-9-29-62(70)63-30-10-16-36-71(63)83)59-44-48-81-76(50-59)77-51-60(45-49-82(77)89(81)80-41-21-23-54-22-7-8-28-61(54)80)88(56-26-5-2-6-27-56)58-43-47-69-67-34-14-20-40-75(67)86(79(69)53-58)84-72-37-17-11-31-64(72)65-32-12-18-38-73(65)84/h1-53H. The average Bonchev–Trinajstić information content (AvgIpc) is 1.64. The molecule has 3 heteroatoms. The van der Waals surface area contributed by atoms with Crippen LogP contribution in [0.15, 0.2) is 322 Å². The van der Waals surface area contributed by atoms with Crippen molar-refractivity contribution in [1.29, 1.82) is 0 Å². The molecule has 0 radical (unpaired) electrons. The fraction of sp³-hybridized carbons (Fsp3) is 0. The first-order chi connectivity index (χ1) is 44.2. The molecule has 0 bridgehead atoms. The van der Waals surface area contributed by atoms with Crippen LogP contribution in [0.2, 0.25) is 0 Å². The van der Waals surface area contributed by atoms with Gasteiger partial charge in [0.2, 0.25) is 0 Å². The van der Waals surface area contributed by atoms with E-state index in [1.807, 2.05) is 0 Å². The van der Waals surface area contributed by atoms with Crippen LogP contribution in [0.4, 0.5) is 34.1 Å². The maximum atomic E-state index is 2.49. The minimum Gasteiger partial charge on any atom is -0.310 e. The molecule has 412 valence electrons. The predicted molar refractivity (Wildman–Crippen MR) is 372 cm³/mol. The van der Waals surface area contributed by atoms with E-state index in [9.17, 15) is 0 Å². The SMILES string of the molecule is c1ccc(N(c2ccc3c(c2)C(=C2c4ccccc4-c4ccccc42)c2ccccc2-3)c2ccc3c(c2)c2cc(N(c4ccccc4)c4ccc5c(c4)C(=C4c6ccccc6-c6ccccc64)c4ccccc4-5)ccc2n3-c2cccc3ccccc23)cc1. The molecule has 15 aromatic rings. The summed E-state index contributed by atoms with van der Waals surface area (Å²) >= 11 is 0. The van der Waals surface area contributed by atoms with Gasteiger partial charge < -0.3 is 14.4 Å². The van der Waals surface area contributed by atoms with Gasteiger partial charge >= 0.3 is 0 Å². The molecule has 19 rings (SSSR count). The lowest BCUT2D eigenvalue weighted by atomic mass is 9.91. The number of benzene rings is 14. The number of nitrogens with zero attached hydrogens (tertiary/aromatic N) is 3. The quantitative estimate of drug-likeness (QED) is 0.158. The van der Waals surface area contributed by atoms with E-state index in [1.54, 1.807) is 0 Å². The molecule has 3 nitrogen and oxygen atoms in total. The first-order valence-corrected chi connectivity index (χ1v) is 30.8. The van der Waals surface area contributed by atoms with Crippen LogP contribution in [0.25, 0.3) is 105 Å². The molecular formula is C86H53N3. The van der Waals surface area contributed by atoms with Gasteiger partial charge in [-0.2, -0.15) is 0 Å². The normalized spacial score (nSPS) is 12.9. The minimum absolute atomic E-state index is 1.07. The van der Waals surface area contributed by atoms with Gasteiger partial charge in [-0.15, -0.1) is 0 Å². The van der Waals surface area contributed by atoms with Gasteiger partial charge in [0.15, 0.2) is 0 Å². The van der Waals surface area contributed by atoms with E-state index in [4.69, 9.17) is 0 Å². The average molecular weight is 1130 g/mol. The molecule has 0 unspecified atom stereocenters. The molecule has 1 heterocycles. The highest BCUT2D eigenvalue weighted by molar-refractivity contribution is 6.21. The summed E-state index contributed by atoms with van der Waals surface area (Å²) in [7, 11) is 0. The highest BCUT2D eigenvalue weighted by Gasteiger charge is 2.35. The van der Waals surface area contributed by atoms with E-state index in [2.05, 4.69) is 336 Å². The Hall–Kier alpha value is -11.8. The summed E-state index contributed by atoms with van der Waals surface area (Å²) in [5.41, 5.74) is 35.3. The van der Waals surface area contributed by atoms with Crippen LogP contribution in [0.1, 0.15) is 44.5 Å². The van der Waals surface area contributed by atoms with Crippen LogP contribution < -0.4 is 9.80 Å². The Morgan fingerprint density at radius 1 is 0.180 bits per heavy atom. The Morgan fingerprint density at radius 2 is 0.472 bits per heavy atom. The van der Waals surface area contributed by atoms with Gasteiger partial charge in [-0.25, -0.2) is 0 Å². The summed E-state index contributed by atoms with van der Waals surface area (Å²) < 4.78 is 2.49. The van der Waals surface area contributed by atoms with Crippen LogP contribution >= 0.6 is 0 Å². The molecule has 0 N–H and O–H groups in total. The van der Waals surface area contributed by atoms with Crippen LogP contribution in [0.5, 0.6) is 0 Å². The summed E-state index contributed by atoms with van der Waals surface area (Å²) in [6, 6.07) is 120. The Labute approximate surface area is 516 Å². The number of hydrogen-bond acceptors (Lipinski definition) is 2. The van der Waals surface area contributed by atoms with Gasteiger partial charge in [-0.3, -0.25) is 0 Å². The van der Waals surface area contributed by atoms with Crippen molar-refractivity contribution in [3.05, 3.63) is 366 Å². The second-order valence-corrected chi connectivity index (χ2v) is 23.8. The molecule has 1 aromatic heterocycles. The second kappa shape index (κ2) is 19.4. The summed E-state index contributed by atoms with van der Waals surface area (Å²) in [5.74, 6) is 0. The van der Waals surface area contributed by atoms with E-state index in [-0.39, 0.29) is 0 Å². The zero-order valence-corrected chi connectivity index (χ0v) is 48.4. The monoisotopic (exact) mass is 1130 g/mol. The number of rotatable bonds is 7. The summed E-state index contributed by atoms with van der Waals surface area (Å²) in [5, 5.41) is 4.72. The fourth-order valence-electron chi connectivity index (χ4n) is 15.5. The second-order valence-electron chi connectivity index (χ2n) is 23.8. The Kier molecular flexibility index (Phi) is 10.8. The molecule has 4 aliphatic carbocycles. The molecular weight excluding hydrogens is 1070 g/mol. The molecule has 14 aromatic carbocycles. The lowest BCUT2D eigenvalue weighted by Gasteiger charge is -2.27. The van der Waals surface area contributed by atoms with E-state index < -0.39 is 0 Å². The third kappa shape index (κ3) is 7.34. The number of anilines is 6. The number of para-hydroxylation sites is 2. The molecule has 0 aliphatic heterocycles. The van der Waals surface area contributed by atoms with Crippen molar-refractivity contribution in [2.45, 2.75) is 0 Å². The number of fused-ring (bicyclic) bond motifs is 16. The highest BCUT2D eigenvalue weighted by Crippen LogP contribution is 2.58. The molecule has 89 heavy (non-hydrogen) atoms. The lowest BCUT2D eigenvalue weighted by Crippen LogP contribution is -2.10. The maximum absolute atomic E-state index is 2.49. The third-order valence-electron chi connectivity index (χ3n) is 19.2. The largest absolute Gasteiger partial charge is 0.310 e. The van der Waals surface area contributed by atoms with E-state index in [1.165, 1.54) is 122 Å². The van der Waals surface area contributed by atoms with Crippen LogP contribution in [-0.2, 0) is 0 Å². The van der Waals surface area contributed by atoms with Crippen LogP contribution in [-0.4, -0.2) is 4.57 Å². The van der Waals surface area contributed by atoms with Gasteiger partial charge in [-0.05, 0) is 208 Å². The van der Waals surface area contributed by atoms with Gasteiger partial charge in [-0.1, -0.05) is 231 Å². The predicted octanol–water partition coefficient (Wildman–Crippen LogP) is 22.8. The Morgan fingerprint density at radius 3 is 0.865 bits per heavy atom. The molecule has 0 atom stereocenters. The molecule has 0 spiro atoms. The van der Waals surface area contributed by atoms with Crippen molar-refractivity contribution >= 4 is 89.0 Å². The third-order valence-corrected chi connectivity index (χ3v) is 19.2. The molecule has 0 amide bonds. The smallest absolute Gasteiger partial charge is 0.0542 e. The van der Waals surface area contributed by atoms with Gasteiger partial charge in [0.05, 0.1) is 16.7 Å². The van der Waals surface area contributed by atoms with Gasteiger partial charge in [0.1, 0.15) is 0 Å².